The minimum Gasteiger partial charge on any atom is -0.494 e. The Hall–Kier alpha value is -5.07. The number of hydrogen-bond acceptors (Lipinski definition) is 7. The van der Waals surface area contributed by atoms with E-state index in [9.17, 15) is 24.0 Å². The van der Waals surface area contributed by atoms with Crippen molar-refractivity contribution in [3.63, 3.8) is 0 Å². The van der Waals surface area contributed by atoms with Crippen molar-refractivity contribution < 1.29 is 33.1 Å². The van der Waals surface area contributed by atoms with Crippen LogP contribution < -0.4 is 31.1 Å². The summed E-state index contributed by atoms with van der Waals surface area (Å²) in [6, 6.07) is 25.0. The summed E-state index contributed by atoms with van der Waals surface area (Å²) >= 11 is 0. The van der Waals surface area contributed by atoms with E-state index in [4.69, 9.17) is 9.16 Å². The van der Waals surface area contributed by atoms with Gasteiger partial charge in [0, 0.05) is 13.0 Å². The highest BCUT2D eigenvalue weighted by molar-refractivity contribution is 6.99. The number of amides is 4. The molecule has 2 heterocycles. The van der Waals surface area contributed by atoms with E-state index < -0.39 is 55.8 Å². The summed E-state index contributed by atoms with van der Waals surface area (Å²) in [5.41, 5.74) is -0.534. The van der Waals surface area contributed by atoms with Crippen molar-refractivity contribution in [3.05, 3.63) is 103 Å². The maximum Gasteiger partial charge on any atom is 0.262 e. The smallest absolute Gasteiger partial charge is 0.262 e. The fraction of sp³-hybridized carbons (Fsp3) is 0.468. The monoisotopic (exact) mass is 822 g/mol. The number of ether oxygens (including phenoxy) is 1. The van der Waals surface area contributed by atoms with Crippen LogP contribution in [0.3, 0.4) is 0 Å². The Morgan fingerprint density at radius 3 is 2.10 bits per heavy atom. The van der Waals surface area contributed by atoms with Crippen LogP contribution in [0.5, 0.6) is 5.75 Å². The van der Waals surface area contributed by atoms with Gasteiger partial charge in [-0.2, -0.15) is 0 Å². The predicted octanol–water partition coefficient (Wildman–Crippen LogP) is 5.15. The van der Waals surface area contributed by atoms with E-state index in [1.54, 1.807) is 37.8 Å². The van der Waals surface area contributed by atoms with Crippen LogP contribution in [-0.4, -0.2) is 85.5 Å². The third kappa shape index (κ3) is 10.6. The molecule has 2 aliphatic heterocycles. The minimum atomic E-state index is -2.95. The second-order valence-electron chi connectivity index (χ2n) is 16.9. The summed E-state index contributed by atoms with van der Waals surface area (Å²) in [5.74, 6) is -1.16. The zero-order valence-corrected chi connectivity index (χ0v) is 36.7. The molecule has 3 N–H and O–H groups in total. The van der Waals surface area contributed by atoms with Gasteiger partial charge in [0.1, 0.15) is 35.5 Å². The summed E-state index contributed by atoms with van der Waals surface area (Å²) in [5, 5.41) is 10.7. The quantitative estimate of drug-likeness (QED) is 0.109. The lowest BCUT2D eigenvalue weighted by Crippen LogP contribution is -2.68. The Bertz CT molecular complexity index is 1910. The maximum atomic E-state index is 14.1. The minimum absolute atomic E-state index is 0.161. The fourth-order valence-electron chi connectivity index (χ4n) is 8.14. The number of nitrogens with one attached hydrogen (secondary N) is 3. The third-order valence-electron chi connectivity index (χ3n) is 11.7. The number of unbranched alkanes of at least 4 members (excludes halogenated alkanes) is 1. The highest BCUT2D eigenvalue weighted by Gasteiger charge is 2.51. The van der Waals surface area contributed by atoms with Gasteiger partial charge in [-0.3, -0.25) is 24.0 Å². The number of carbonyl (C=O) groups is 5. The lowest BCUT2D eigenvalue weighted by atomic mass is 9.94. The zero-order valence-electron chi connectivity index (χ0n) is 35.7. The largest absolute Gasteiger partial charge is 0.494 e. The molecule has 0 unspecified atom stereocenters. The Balaban J connectivity index is 1.28. The topological polar surface area (TPSA) is 143 Å². The molecule has 0 bridgehead atoms. The Kier molecular flexibility index (Phi) is 15.1. The van der Waals surface area contributed by atoms with Crippen LogP contribution in [0.4, 0.5) is 0 Å². The van der Waals surface area contributed by atoms with Crippen LogP contribution in [0.15, 0.2) is 97.1 Å². The van der Waals surface area contributed by atoms with Gasteiger partial charge < -0.3 is 30.0 Å². The number of benzene rings is 3. The molecular weight excluding hydrogens is 761 g/mol. The number of carbonyl (C=O) groups excluding carboxylic acids is 5. The Morgan fingerprint density at radius 1 is 0.898 bits per heavy atom. The normalized spacial score (nSPS) is 22.4. The molecule has 2 aliphatic rings. The molecule has 0 spiro atoms. The first-order chi connectivity index (χ1) is 28.1. The molecular formula is C47H62N4O7Si. The van der Waals surface area contributed by atoms with E-state index in [0.29, 0.717) is 44.6 Å². The fourth-order valence-corrected chi connectivity index (χ4v) is 12.8. The summed E-state index contributed by atoms with van der Waals surface area (Å²) in [6.45, 7) is 14.5. The first-order valence-corrected chi connectivity index (χ1v) is 23.0. The molecule has 4 amide bonds. The van der Waals surface area contributed by atoms with Crippen molar-refractivity contribution in [1.82, 2.24) is 20.9 Å². The number of ketones is 1. The van der Waals surface area contributed by atoms with Gasteiger partial charge in [-0.15, -0.1) is 0 Å². The summed E-state index contributed by atoms with van der Waals surface area (Å²) < 4.78 is 12.5. The molecule has 5 rings (SSSR count). The van der Waals surface area contributed by atoms with Crippen molar-refractivity contribution >= 4 is 48.1 Å². The molecule has 0 saturated carbocycles. The van der Waals surface area contributed by atoms with Crippen molar-refractivity contribution in [3.8, 4) is 5.75 Å². The van der Waals surface area contributed by atoms with Crippen LogP contribution in [0, 0.1) is 0 Å². The van der Waals surface area contributed by atoms with Gasteiger partial charge in [-0.25, -0.2) is 0 Å². The van der Waals surface area contributed by atoms with Crippen LogP contribution >= 0.6 is 0 Å². The average molecular weight is 823 g/mol. The SMILES string of the molecule is CCOc1ccc(C[C@@H]2NC(=O)[C@](C)(CC)NC(=O)[C@H](CCC/C=C/C(=O)[C@H](C)O[Si](c3ccccc3)(c3ccccc3)C(C)(C)C)NC(=O)[C@H]3CCCN3C2=O)cc1. The van der Waals surface area contributed by atoms with E-state index in [1.807, 2.05) is 67.6 Å². The molecule has 3 aromatic carbocycles. The molecule has 59 heavy (non-hydrogen) atoms. The summed E-state index contributed by atoms with van der Waals surface area (Å²) in [4.78, 5) is 71.1. The first kappa shape index (κ1) is 45.0. The van der Waals surface area contributed by atoms with Crippen LogP contribution in [0.25, 0.3) is 0 Å². The van der Waals surface area contributed by atoms with Crippen LogP contribution in [0.2, 0.25) is 5.04 Å². The number of fused-ring (bicyclic) bond motifs is 1. The molecule has 5 atom stereocenters. The van der Waals surface area contributed by atoms with Crippen molar-refractivity contribution in [2.24, 2.45) is 0 Å². The highest BCUT2D eigenvalue weighted by Crippen LogP contribution is 2.37. The molecule has 316 valence electrons. The van der Waals surface area contributed by atoms with Gasteiger partial charge in [-0.05, 0) is 98.5 Å². The predicted molar refractivity (Wildman–Crippen MR) is 233 cm³/mol. The van der Waals surface area contributed by atoms with E-state index in [2.05, 4.69) is 61.0 Å². The molecule has 0 aromatic heterocycles. The van der Waals surface area contributed by atoms with Gasteiger partial charge in [0.15, 0.2) is 5.78 Å². The van der Waals surface area contributed by atoms with Gasteiger partial charge >= 0.3 is 0 Å². The van der Waals surface area contributed by atoms with E-state index in [1.165, 1.54) is 0 Å². The standard InChI is InChI=1S/C47H62N4O7Si/c1-8-47(7)45(56)49-39(32-34-27-29-35(30-28-34)57-9-2)44(55)51-31-19-25-40(51)43(54)48-38(42(53)50-47)24-17-12-18-26-41(52)33(3)58-59(46(4,5)6,36-20-13-10-14-21-36)37-22-15-11-16-23-37/h10-11,13-16,18,20-23,26-30,33,38-40H,8-9,12,17,19,24-25,31-32H2,1-7H3,(H,48,54)(H,49,56)(H,50,53)/b26-18+/t33-,38-,39-,40+,47-/m0/s1. The molecule has 0 radical (unpaired) electrons. The van der Waals surface area contributed by atoms with Gasteiger partial charge in [0.05, 0.1) is 6.61 Å². The third-order valence-corrected chi connectivity index (χ3v) is 16.8. The first-order valence-electron chi connectivity index (χ1n) is 21.1. The van der Waals surface area contributed by atoms with Crippen molar-refractivity contribution in [2.75, 3.05) is 13.2 Å². The molecule has 2 fully saturated rings. The lowest BCUT2D eigenvalue weighted by Gasteiger charge is -2.44. The molecule has 12 heteroatoms. The number of nitrogens with zero attached hydrogens (tertiary/aromatic N) is 1. The van der Waals surface area contributed by atoms with E-state index >= 15 is 0 Å². The summed E-state index contributed by atoms with van der Waals surface area (Å²) in [6.07, 6.45) is 5.33. The van der Waals surface area contributed by atoms with Gasteiger partial charge in [0.25, 0.3) is 8.32 Å². The highest BCUT2D eigenvalue weighted by atomic mass is 28.4. The molecule has 3 aromatic rings. The van der Waals surface area contributed by atoms with Gasteiger partial charge in [0.2, 0.25) is 23.6 Å². The zero-order chi connectivity index (χ0) is 42.8. The summed E-state index contributed by atoms with van der Waals surface area (Å²) in [7, 11) is -2.95. The van der Waals surface area contributed by atoms with Gasteiger partial charge in [-0.1, -0.05) is 107 Å². The number of hydrogen-bond donors (Lipinski definition) is 3. The average Bonchev–Trinajstić information content (AvgIpc) is 3.72. The molecule has 0 aliphatic carbocycles. The second-order valence-corrected chi connectivity index (χ2v) is 21.1. The maximum absolute atomic E-state index is 14.1. The Morgan fingerprint density at radius 2 is 1.53 bits per heavy atom. The van der Waals surface area contributed by atoms with E-state index in [-0.39, 0.29) is 36.0 Å². The number of rotatable bonds is 15. The lowest BCUT2D eigenvalue weighted by molar-refractivity contribution is -0.144. The molecule has 11 nitrogen and oxygen atoms in total. The molecule has 2 saturated heterocycles. The van der Waals surface area contributed by atoms with Crippen LogP contribution in [-0.2, 0) is 34.8 Å². The number of allylic oxidation sites excluding steroid dienone is 1. The Labute approximate surface area is 350 Å². The van der Waals surface area contributed by atoms with Crippen LogP contribution in [0.1, 0.15) is 92.6 Å². The van der Waals surface area contributed by atoms with Crippen molar-refractivity contribution in [2.45, 2.75) is 128 Å². The van der Waals surface area contributed by atoms with E-state index in [0.717, 1.165) is 15.9 Å². The second kappa shape index (κ2) is 19.8. The van der Waals surface area contributed by atoms with Crippen molar-refractivity contribution in [1.29, 1.82) is 0 Å².